The highest BCUT2D eigenvalue weighted by Gasteiger charge is 2.40. The fraction of sp³-hybridized carbons (Fsp3) is 0.833. The predicted molar refractivity (Wildman–Crippen MR) is 70.0 cm³/mol. The van der Waals surface area contributed by atoms with E-state index in [0.29, 0.717) is 26.2 Å². The summed E-state index contributed by atoms with van der Waals surface area (Å²) in [5.74, 6) is -0.379. The smallest absolute Gasteiger partial charge is 0.233 e. The summed E-state index contributed by atoms with van der Waals surface area (Å²) in [5.41, 5.74) is 4.09. The molecule has 1 aliphatic rings. The third-order valence-corrected chi connectivity index (χ3v) is 3.95. The summed E-state index contributed by atoms with van der Waals surface area (Å²) >= 11 is 0. The first-order chi connectivity index (χ1) is 8.94. The minimum absolute atomic E-state index is 0.0957. The van der Waals surface area contributed by atoms with E-state index in [2.05, 4.69) is 10.5 Å². The quantitative estimate of drug-likeness (QED) is 0.275. The SMILES string of the molecule is CCC(C)(C(=O)NCC1(OC)CCOC1)C(N)=NO. The Balaban J connectivity index is 2.68. The first kappa shape index (κ1) is 15.7. The third-order valence-electron chi connectivity index (χ3n) is 3.95. The number of ether oxygens (including phenoxy) is 2. The molecule has 0 radical (unpaired) electrons. The van der Waals surface area contributed by atoms with E-state index in [4.69, 9.17) is 20.4 Å². The molecule has 0 aromatic heterocycles. The van der Waals surface area contributed by atoms with Gasteiger partial charge in [0.25, 0.3) is 0 Å². The lowest BCUT2D eigenvalue weighted by Gasteiger charge is -2.30. The van der Waals surface area contributed by atoms with E-state index in [9.17, 15) is 4.79 Å². The number of nitrogens with zero attached hydrogens (tertiary/aromatic N) is 1. The van der Waals surface area contributed by atoms with Gasteiger partial charge in [-0.2, -0.15) is 0 Å². The van der Waals surface area contributed by atoms with E-state index < -0.39 is 11.0 Å². The van der Waals surface area contributed by atoms with Gasteiger partial charge in [0.15, 0.2) is 5.84 Å². The minimum atomic E-state index is -1.02. The summed E-state index contributed by atoms with van der Waals surface area (Å²) in [4.78, 5) is 12.2. The molecule has 0 aliphatic carbocycles. The molecule has 0 spiro atoms. The van der Waals surface area contributed by atoms with Gasteiger partial charge in [-0.05, 0) is 13.3 Å². The normalized spacial score (nSPS) is 27.0. The van der Waals surface area contributed by atoms with Gasteiger partial charge in [0.1, 0.15) is 11.0 Å². The molecular formula is C12H23N3O4. The van der Waals surface area contributed by atoms with Crippen LogP contribution in [0, 0.1) is 5.41 Å². The number of nitrogens with one attached hydrogen (secondary N) is 1. The van der Waals surface area contributed by atoms with Crippen LogP contribution in [0.25, 0.3) is 0 Å². The average Bonchev–Trinajstić information content (AvgIpc) is 2.92. The molecule has 1 heterocycles. The Bertz CT molecular complexity index is 353. The molecular weight excluding hydrogens is 250 g/mol. The molecule has 0 aromatic carbocycles. The van der Waals surface area contributed by atoms with Gasteiger partial charge in [-0.25, -0.2) is 0 Å². The molecule has 19 heavy (non-hydrogen) atoms. The third kappa shape index (κ3) is 3.16. The van der Waals surface area contributed by atoms with Crippen molar-refractivity contribution in [3.63, 3.8) is 0 Å². The molecule has 0 bridgehead atoms. The summed E-state index contributed by atoms with van der Waals surface area (Å²) in [7, 11) is 1.60. The molecule has 1 fully saturated rings. The molecule has 4 N–H and O–H groups in total. The lowest BCUT2D eigenvalue weighted by molar-refractivity contribution is -0.128. The van der Waals surface area contributed by atoms with Crippen molar-refractivity contribution in [3.8, 4) is 0 Å². The first-order valence-corrected chi connectivity index (χ1v) is 6.33. The second-order valence-electron chi connectivity index (χ2n) is 5.04. The number of amidine groups is 1. The van der Waals surface area contributed by atoms with E-state index in [1.807, 2.05) is 6.92 Å². The van der Waals surface area contributed by atoms with Gasteiger partial charge in [-0.15, -0.1) is 0 Å². The molecule has 110 valence electrons. The maximum absolute atomic E-state index is 12.2. The van der Waals surface area contributed by atoms with Crippen molar-refractivity contribution >= 4 is 11.7 Å². The van der Waals surface area contributed by atoms with Crippen LogP contribution < -0.4 is 11.1 Å². The zero-order valence-electron chi connectivity index (χ0n) is 11.7. The Morgan fingerprint density at radius 3 is 2.79 bits per heavy atom. The van der Waals surface area contributed by atoms with Crippen LogP contribution in [0.15, 0.2) is 5.16 Å². The van der Waals surface area contributed by atoms with Crippen molar-refractivity contribution in [2.45, 2.75) is 32.3 Å². The van der Waals surface area contributed by atoms with Crippen LogP contribution in [0.1, 0.15) is 26.7 Å². The maximum atomic E-state index is 12.2. The van der Waals surface area contributed by atoms with Crippen LogP contribution in [-0.2, 0) is 14.3 Å². The van der Waals surface area contributed by atoms with Gasteiger partial charge in [0.05, 0.1) is 6.61 Å². The number of nitrogens with two attached hydrogens (primary N) is 1. The number of hydrogen-bond acceptors (Lipinski definition) is 5. The molecule has 2 atom stereocenters. The molecule has 7 heteroatoms. The topological polar surface area (TPSA) is 106 Å². The molecule has 1 aliphatic heterocycles. The molecule has 0 aromatic rings. The summed E-state index contributed by atoms with van der Waals surface area (Å²) in [6, 6.07) is 0. The van der Waals surface area contributed by atoms with Crippen molar-refractivity contribution in [2.24, 2.45) is 16.3 Å². The van der Waals surface area contributed by atoms with Crippen molar-refractivity contribution < 1.29 is 19.5 Å². The summed E-state index contributed by atoms with van der Waals surface area (Å²) < 4.78 is 10.7. The van der Waals surface area contributed by atoms with Gasteiger partial charge in [0, 0.05) is 26.7 Å². The van der Waals surface area contributed by atoms with Gasteiger partial charge in [-0.1, -0.05) is 12.1 Å². The molecule has 1 amide bonds. The Morgan fingerprint density at radius 1 is 1.68 bits per heavy atom. The number of carbonyl (C=O) groups excluding carboxylic acids is 1. The standard InChI is InChI=1S/C12H23N3O4/c1-4-11(2,9(13)15-17)10(16)14-7-12(18-3)5-6-19-8-12/h17H,4-8H2,1-3H3,(H2,13,15)(H,14,16). The Hall–Kier alpha value is -1.34. The van der Waals surface area contributed by atoms with Crippen LogP contribution in [0.5, 0.6) is 0 Å². The van der Waals surface area contributed by atoms with Crippen LogP contribution in [-0.4, -0.2) is 49.4 Å². The fourth-order valence-electron chi connectivity index (χ4n) is 1.97. The van der Waals surface area contributed by atoms with Gasteiger partial charge in [0.2, 0.25) is 5.91 Å². The number of oxime groups is 1. The van der Waals surface area contributed by atoms with E-state index in [1.165, 1.54) is 0 Å². The summed E-state index contributed by atoms with van der Waals surface area (Å²) in [6.07, 6.45) is 1.17. The second kappa shape index (κ2) is 6.21. The Kier molecular flexibility index (Phi) is 5.13. The van der Waals surface area contributed by atoms with E-state index in [-0.39, 0.29) is 11.7 Å². The van der Waals surface area contributed by atoms with Crippen molar-refractivity contribution in [1.82, 2.24) is 5.32 Å². The van der Waals surface area contributed by atoms with Crippen molar-refractivity contribution in [3.05, 3.63) is 0 Å². The van der Waals surface area contributed by atoms with Crippen LogP contribution in [0.2, 0.25) is 0 Å². The molecule has 0 saturated carbocycles. The molecule has 1 rings (SSSR count). The van der Waals surface area contributed by atoms with Gasteiger partial charge in [-0.3, -0.25) is 4.79 Å². The minimum Gasteiger partial charge on any atom is -0.409 e. The highest BCUT2D eigenvalue weighted by Crippen LogP contribution is 2.24. The monoisotopic (exact) mass is 273 g/mol. The second-order valence-corrected chi connectivity index (χ2v) is 5.04. The Morgan fingerprint density at radius 2 is 2.37 bits per heavy atom. The van der Waals surface area contributed by atoms with Crippen molar-refractivity contribution in [2.75, 3.05) is 26.9 Å². The molecule has 1 saturated heterocycles. The lowest BCUT2D eigenvalue weighted by atomic mass is 9.85. The van der Waals surface area contributed by atoms with Gasteiger partial charge < -0.3 is 25.7 Å². The number of methoxy groups -OCH3 is 1. The number of carbonyl (C=O) groups is 1. The molecule has 7 nitrogen and oxygen atoms in total. The fourth-order valence-corrected chi connectivity index (χ4v) is 1.97. The van der Waals surface area contributed by atoms with Crippen LogP contribution in [0.4, 0.5) is 0 Å². The van der Waals surface area contributed by atoms with E-state index in [1.54, 1.807) is 14.0 Å². The number of amides is 1. The van der Waals surface area contributed by atoms with E-state index in [0.717, 1.165) is 6.42 Å². The predicted octanol–water partition coefficient (Wildman–Crippen LogP) is 0.0708. The number of hydrogen-bond donors (Lipinski definition) is 3. The number of rotatable bonds is 6. The van der Waals surface area contributed by atoms with E-state index >= 15 is 0 Å². The Labute approximate surface area is 113 Å². The first-order valence-electron chi connectivity index (χ1n) is 6.33. The van der Waals surface area contributed by atoms with Crippen LogP contribution >= 0.6 is 0 Å². The summed E-state index contributed by atoms with van der Waals surface area (Å²) in [5, 5.41) is 14.5. The van der Waals surface area contributed by atoms with Crippen LogP contribution in [0.3, 0.4) is 0 Å². The highest BCUT2D eigenvalue weighted by atomic mass is 16.5. The zero-order valence-corrected chi connectivity index (χ0v) is 11.7. The highest BCUT2D eigenvalue weighted by molar-refractivity contribution is 6.06. The largest absolute Gasteiger partial charge is 0.409 e. The maximum Gasteiger partial charge on any atom is 0.233 e. The summed E-state index contributed by atoms with van der Waals surface area (Å²) in [6.45, 7) is 4.87. The zero-order chi connectivity index (χ0) is 14.5. The lowest BCUT2D eigenvalue weighted by Crippen LogP contribution is -2.52. The molecule has 2 unspecified atom stereocenters. The average molecular weight is 273 g/mol. The van der Waals surface area contributed by atoms with Crippen molar-refractivity contribution in [1.29, 1.82) is 0 Å². The van der Waals surface area contributed by atoms with Gasteiger partial charge >= 0.3 is 0 Å².